The molecule has 2 aliphatic rings. The third kappa shape index (κ3) is 3.20. The highest BCUT2D eigenvalue weighted by Gasteiger charge is 2.52. The van der Waals surface area contributed by atoms with E-state index in [0.717, 1.165) is 19.4 Å². The van der Waals surface area contributed by atoms with Crippen LogP contribution in [0.2, 0.25) is 0 Å². The Morgan fingerprint density at radius 2 is 2.00 bits per heavy atom. The van der Waals surface area contributed by atoms with Crippen LogP contribution in [-0.4, -0.2) is 63.6 Å². The highest BCUT2D eigenvalue weighted by atomic mass is 32.2. The van der Waals surface area contributed by atoms with E-state index in [4.69, 9.17) is 10.00 Å². The number of sulfonamides is 1. The van der Waals surface area contributed by atoms with Crippen molar-refractivity contribution in [2.45, 2.75) is 29.9 Å². The molecule has 1 saturated carbocycles. The number of hydrogen-bond acceptors (Lipinski definition) is 5. The summed E-state index contributed by atoms with van der Waals surface area (Å²) in [5.74, 6) is 0.283. The first kappa shape index (κ1) is 17.4. The number of likely N-dealkylation sites (N-methyl/N-ethyl adjacent to an activating group) is 1. The first-order valence-electron chi connectivity index (χ1n) is 8.22. The Morgan fingerprint density at radius 1 is 1.29 bits per heavy atom. The second-order valence-electron chi connectivity index (χ2n) is 6.75. The Hall–Kier alpha value is -1.46. The monoisotopic (exact) mass is 349 g/mol. The van der Waals surface area contributed by atoms with Crippen molar-refractivity contribution in [3.8, 4) is 6.07 Å². The van der Waals surface area contributed by atoms with Gasteiger partial charge >= 0.3 is 0 Å². The molecule has 0 radical (unpaired) electrons. The van der Waals surface area contributed by atoms with Crippen molar-refractivity contribution in [2.24, 2.45) is 5.92 Å². The fourth-order valence-electron chi connectivity index (χ4n) is 3.63. The van der Waals surface area contributed by atoms with Crippen molar-refractivity contribution in [1.29, 1.82) is 5.26 Å². The number of nitriles is 1. The van der Waals surface area contributed by atoms with Gasteiger partial charge in [0, 0.05) is 19.0 Å². The van der Waals surface area contributed by atoms with Crippen LogP contribution in [0.3, 0.4) is 0 Å². The molecule has 0 spiro atoms. The predicted octanol–water partition coefficient (Wildman–Crippen LogP) is 1.29. The van der Waals surface area contributed by atoms with E-state index in [-0.39, 0.29) is 23.0 Å². The summed E-state index contributed by atoms with van der Waals surface area (Å²) in [4.78, 5) is 2.31. The molecule has 1 aromatic rings. The SMILES string of the molecule is CN(C)CCO[C@H]1[C@H]2CC[C@H]1N(S(=O)(=O)c1ccc(C#N)cc1)C2. The summed E-state index contributed by atoms with van der Waals surface area (Å²) in [5.41, 5.74) is 0.460. The molecule has 24 heavy (non-hydrogen) atoms. The van der Waals surface area contributed by atoms with Crippen molar-refractivity contribution in [3.63, 3.8) is 0 Å². The summed E-state index contributed by atoms with van der Waals surface area (Å²) in [5, 5.41) is 8.86. The lowest BCUT2D eigenvalue weighted by Crippen LogP contribution is -2.40. The summed E-state index contributed by atoms with van der Waals surface area (Å²) in [6.45, 7) is 1.98. The zero-order valence-corrected chi connectivity index (χ0v) is 14.9. The Bertz CT molecular complexity index is 724. The van der Waals surface area contributed by atoms with Crippen LogP contribution in [0.5, 0.6) is 0 Å². The maximum atomic E-state index is 12.9. The largest absolute Gasteiger partial charge is 0.375 e. The van der Waals surface area contributed by atoms with Crippen LogP contribution in [0.15, 0.2) is 29.2 Å². The van der Waals surface area contributed by atoms with Gasteiger partial charge < -0.3 is 9.64 Å². The zero-order chi connectivity index (χ0) is 17.3. The van der Waals surface area contributed by atoms with Crippen molar-refractivity contribution in [3.05, 3.63) is 29.8 Å². The van der Waals surface area contributed by atoms with Crippen LogP contribution in [0, 0.1) is 17.2 Å². The zero-order valence-electron chi connectivity index (χ0n) is 14.1. The van der Waals surface area contributed by atoms with Gasteiger partial charge in [-0.3, -0.25) is 0 Å². The number of fused-ring (bicyclic) bond motifs is 2. The number of piperidine rings is 1. The van der Waals surface area contributed by atoms with Gasteiger partial charge in [-0.2, -0.15) is 9.57 Å². The van der Waals surface area contributed by atoms with Gasteiger partial charge in [0.05, 0.1) is 35.3 Å². The highest BCUT2D eigenvalue weighted by molar-refractivity contribution is 7.89. The fourth-order valence-corrected chi connectivity index (χ4v) is 5.35. The number of benzene rings is 1. The van der Waals surface area contributed by atoms with Gasteiger partial charge in [-0.25, -0.2) is 8.42 Å². The maximum absolute atomic E-state index is 12.9. The molecule has 0 amide bonds. The van der Waals surface area contributed by atoms with Crippen LogP contribution in [0.1, 0.15) is 18.4 Å². The average molecular weight is 349 g/mol. The molecule has 6 nitrogen and oxygen atoms in total. The van der Waals surface area contributed by atoms with E-state index in [0.29, 0.717) is 18.7 Å². The Morgan fingerprint density at radius 3 is 2.62 bits per heavy atom. The molecule has 1 heterocycles. The quantitative estimate of drug-likeness (QED) is 0.774. The highest BCUT2D eigenvalue weighted by Crippen LogP contribution is 2.42. The minimum atomic E-state index is -3.54. The molecule has 1 aromatic carbocycles. The van der Waals surface area contributed by atoms with Gasteiger partial charge in [-0.15, -0.1) is 0 Å². The van der Waals surface area contributed by atoms with E-state index >= 15 is 0 Å². The third-order valence-corrected chi connectivity index (χ3v) is 6.81. The Balaban J connectivity index is 1.74. The summed E-state index contributed by atoms with van der Waals surface area (Å²) in [7, 11) is 0.453. The van der Waals surface area contributed by atoms with Crippen molar-refractivity contribution >= 4 is 10.0 Å². The van der Waals surface area contributed by atoms with Crippen molar-refractivity contribution in [2.75, 3.05) is 33.8 Å². The normalized spacial score (nSPS) is 26.8. The summed E-state index contributed by atoms with van der Waals surface area (Å²) >= 11 is 0. The van der Waals surface area contributed by atoms with Gasteiger partial charge in [0.25, 0.3) is 0 Å². The lowest BCUT2D eigenvalue weighted by Gasteiger charge is -2.26. The van der Waals surface area contributed by atoms with Crippen LogP contribution in [0.25, 0.3) is 0 Å². The van der Waals surface area contributed by atoms with E-state index in [2.05, 4.69) is 4.90 Å². The van der Waals surface area contributed by atoms with Gasteiger partial charge in [0.1, 0.15) is 0 Å². The molecule has 130 valence electrons. The maximum Gasteiger partial charge on any atom is 0.243 e. The second-order valence-corrected chi connectivity index (χ2v) is 8.64. The lowest BCUT2D eigenvalue weighted by atomic mass is 10.1. The molecular weight excluding hydrogens is 326 g/mol. The van der Waals surface area contributed by atoms with Crippen LogP contribution in [-0.2, 0) is 14.8 Å². The first-order valence-corrected chi connectivity index (χ1v) is 9.66. The minimum Gasteiger partial charge on any atom is -0.375 e. The molecule has 2 bridgehead atoms. The molecule has 3 atom stereocenters. The number of ether oxygens (including phenoxy) is 1. The van der Waals surface area contributed by atoms with Crippen LogP contribution >= 0.6 is 0 Å². The number of nitrogens with zero attached hydrogens (tertiary/aromatic N) is 3. The molecule has 0 N–H and O–H groups in total. The molecule has 1 aliphatic carbocycles. The summed E-state index contributed by atoms with van der Waals surface area (Å²) in [6, 6.07) is 8.06. The van der Waals surface area contributed by atoms with Gasteiger partial charge in [0.2, 0.25) is 10.0 Å². The Kier molecular flexibility index (Phi) is 4.92. The molecule has 1 saturated heterocycles. The number of hydrogen-bond donors (Lipinski definition) is 0. The van der Waals surface area contributed by atoms with E-state index in [9.17, 15) is 8.42 Å². The van der Waals surface area contributed by atoms with Gasteiger partial charge in [-0.05, 0) is 51.2 Å². The molecule has 7 heteroatoms. The van der Waals surface area contributed by atoms with E-state index < -0.39 is 10.0 Å². The summed E-state index contributed by atoms with van der Waals surface area (Å²) in [6.07, 6.45) is 1.88. The third-order valence-electron chi connectivity index (χ3n) is 4.90. The molecule has 3 rings (SSSR count). The average Bonchev–Trinajstić information content (AvgIpc) is 3.12. The fraction of sp³-hybridized carbons (Fsp3) is 0.588. The van der Waals surface area contributed by atoms with Crippen molar-refractivity contribution < 1.29 is 13.2 Å². The molecular formula is C17H23N3O3S. The minimum absolute atomic E-state index is 0.00175. The van der Waals surface area contributed by atoms with Crippen LogP contribution < -0.4 is 0 Å². The van der Waals surface area contributed by atoms with Crippen LogP contribution in [0.4, 0.5) is 0 Å². The van der Waals surface area contributed by atoms with Gasteiger partial charge in [-0.1, -0.05) is 0 Å². The smallest absolute Gasteiger partial charge is 0.243 e. The first-order chi connectivity index (χ1) is 11.4. The van der Waals surface area contributed by atoms with Crippen molar-refractivity contribution in [1.82, 2.24) is 9.21 Å². The lowest BCUT2D eigenvalue weighted by molar-refractivity contribution is 0.0262. The topological polar surface area (TPSA) is 73.6 Å². The van der Waals surface area contributed by atoms with Gasteiger partial charge in [0.15, 0.2) is 0 Å². The summed E-state index contributed by atoms with van der Waals surface area (Å²) < 4.78 is 33.5. The standard InChI is InChI=1S/C17H23N3O3S/c1-19(2)9-10-23-17-14-5-8-16(17)20(12-14)24(21,22)15-6-3-13(11-18)4-7-15/h3-4,6-7,14,16-17H,5,8-10,12H2,1-2H3/t14-,16+,17-/m0/s1. The van der Waals surface area contributed by atoms with E-state index in [1.165, 1.54) is 12.1 Å². The second kappa shape index (κ2) is 6.81. The number of rotatable bonds is 6. The Labute approximate surface area is 143 Å². The molecule has 2 fully saturated rings. The predicted molar refractivity (Wildman–Crippen MR) is 89.9 cm³/mol. The molecule has 0 unspecified atom stereocenters. The van der Waals surface area contributed by atoms with E-state index in [1.807, 2.05) is 20.2 Å². The molecule has 1 aliphatic heterocycles. The van der Waals surface area contributed by atoms with E-state index in [1.54, 1.807) is 16.4 Å². The molecule has 0 aromatic heterocycles.